The first-order chi connectivity index (χ1) is 9.63. The second-order valence-electron chi connectivity index (χ2n) is 6.31. The average Bonchev–Trinajstić information content (AvgIpc) is 2.37. The molecule has 0 amide bonds. The first-order valence-corrected chi connectivity index (χ1v) is 10.6. The Morgan fingerprint density at radius 2 is 1.86 bits per heavy atom. The molecule has 0 unspecified atom stereocenters. The van der Waals surface area contributed by atoms with E-state index in [1.807, 2.05) is 11.5 Å². The smallest absolute Gasteiger partial charge is 0.269 e. The highest BCUT2D eigenvalue weighted by molar-refractivity contribution is 8.02. The number of non-ortho nitro benzene ring substituents is 1. The van der Waals surface area contributed by atoms with Crippen LogP contribution in [0.25, 0.3) is 0 Å². The Morgan fingerprint density at radius 1 is 1.29 bits per heavy atom. The maximum Gasteiger partial charge on any atom is 0.269 e. The van der Waals surface area contributed by atoms with Crippen LogP contribution in [0.3, 0.4) is 0 Å². The number of hydrogen-bond acceptors (Lipinski definition) is 4. The van der Waals surface area contributed by atoms with Gasteiger partial charge in [0.1, 0.15) is 0 Å². The van der Waals surface area contributed by atoms with Gasteiger partial charge in [-0.25, -0.2) is 0 Å². The van der Waals surface area contributed by atoms with Crippen molar-refractivity contribution in [3.05, 3.63) is 45.9 Å². The van der Waals surface area contributed by atoms with Gasteiger partial charge in [0, 0.05) is 17.0 Å². The molecule has 0 heterocycles. The van der Waals surface area contributed by atoms with Gasteiger partial charge in [-0.2, -0.15) is 0 Å². The number of hydrogen-bond donors (Lipinski definition) is 0. The fourth-order valence-corrected chi connectivity index (χ4v) is 2.86. The van der Waals surface area contributed by atoms with E-state index in [1.54, 1.807) is 12.1 Å². The van der Waals surface area contributed by atoms with Crippen LogP contribution in [0.4, 0.5) is 5.69 Å². The molecule has 0 aliphatic heterocycles. The van der Waals surface area contributed by atoms with E-state index in [-0.39, 0.29) is 10.7 Å². The van der Waals surface area contributed by atoms with Crippen LogP contribution < -0.4 is 0 Å². The van der Waals surface area contributed by atoms with Crippen molar-refractivity contribution in [2.75, 3.05) is 6.61 Å². The number of rotatable bonds is 6. The molecule has 0 spiro atoms. The molecule has 0 saturated heterocycles. The quantitative estimate of drug-likeness (QED) is 0.311. The number of thioether (sulfide) groups is 1. The fourth-order valence-electron chi connectivity index (χ4n) is 1.29. The summed E-state index contributed by atoms with van der Waals surface area (Å²) in [6, 6.07) is 6.54. The van der Waals surface area contributed by atoms with Gasteiger partial charge < -0.3 is 4.43 Å². The predicted octanol–water partition coefficient (Wildman–Crippen LogP) is 5.22. The van der Waals surface area contributed by atoms with Gasteiger partial charge in [-0.05, 0) is 35.7 Å². The van der Waals surface area contributed by atoms with E-state index in [0.717, 1.165) is 4.90 Å². The lowest BCUT2D eigenvalue weighted by molar-refractivity contribution is -0.384. The van der Waals surface area contributed by atoms with Gasteiger partial charge in [0.25, 0.3) is 5.69 Å². The highest BCUT2D eigenvalue weighted by Gasteiger charge is 2.36. The summed E-state index contributed by atoms with van der Waals surface area (Å²) in [7, 11) is -1.69. The maximum absolute atomic E-state index is 10.6. The van der Waals surface area contributed by atoms with Crippen LogP contribution >= 0.6 is 11.8 Å². The van der Waals surface area contributed by atoms with E-state index in [9.17, 15) is 10.1 Å². The van der Waals surface area contributed by atoms with Gasteiger partial charge in [-0.3, -0.25) is 10.1 Å². The van der Waals surface area contributed by atoms with Gasteiger partial charge in [0.15, 0.2) is 8.32 Å². The molecule has 0 aliphatic carbocycles. The molecule has 6 heteroatoms. The zero-order valence-electron chi connectivity index (χ0n) is 13.3. The SMILES string of the molecule is CC(C)(C)[Si](C)(C)OCC=CSc1ccc([N+](=O)[O-])cc1. The summed E-state index contributed by atoms with van der Waals surface area (Å²) in [6.07, 6.45) is 1.99. The molecule has 1 rings (SSSR count). The van der Waals surface area contributed by atoms with Crippen molar-refractivity contribution in [2.24, 2.45) is 0 Å². The molecule has 1 aromatic carbocycles. The predicted molar refractivity (Wildman–Crippen MR) is 91.2 cm³/mol. The third-order valence-corrected chi connectivity index (χ3v) is 9.07. The van der Waals surface area contributed by atoms with Gasteiger partial charge in [-0.1, -0.05) is 38.6 Å². The van der Waals surface area contributed by atoms with Crippen molar-refractivity contribution in [1.29, 1.82) is 0 Å². The third-order valence-electron chi connectivity index (χ3n) is 3.69. The zero-order chi connectivity index (χ0) is 16.1. The molecule has 0 radical (unpaired) electrons. The van der Waals surface area contributed by atoms with Crippen molar-refractivity contribution in [3.63, 3.8) is 0 Å². The van der Waals surface area contributed by atoms with Crippen LogP contribution in [0.5, 0.6) is 0 Å². The topological polar surface area (TPSA) is 52.4 Å². The van der Waals surface area contributed by atoms with Crippen LogP contribution in [0.1, 0.15) is 20.8 Å². The van der Waals surface area contributed by atoms with Gasteiger partial charge in [0.2, 0.25) is 0 Å². The second kappa shape index (κ2) is 7.24. The summed E-state index contributed by atoms with van der Waals surface area (Å²) >= 11 is 1.53. The minimum atomic E-state index is -1.69. The second-order valence-corrected chi connectivity index (χ2v) is 12.1. The van der Waals surface area contributed by atoms with Crippen molar-refractivity contribution in [1.82, 2.24) is 0 Å². The Labute approximate surface area is 131 Å². The Balaban J connectivity index is 2.44. The number of benzene rings is 1. The van der Waals surface area contributed by atoms with Crippen molar-refractivity contribution >= 4 is 25.8 Å². The van der Waals surface area contributed by atoms with E-state index in [2.05, 4.69) is 33.9 Å². The molecule has 0 aliphatic rings. The van der Waals surface area contributed by atoms with Crippen LogP contribution in [0.2, 0.25) is 18.1 Å². The summed E-state index contributed by atoms with van der Waals surface area (Å²) in [5.74, 6) is 0. The summed E-state index contributed by atoms with van der Waals surface area (Å²) in [5, 5.41) is 12.7. The van der Waals surface area contributed by atoms with E-state index < -0.39 is 13.2 Å². The molecule has 1 aromatic rings. The molecule has 0 aromatic heterocycles. The molecule has 4 nitrogen and oxygen atoms in total. The first kappa shape index (κ1) is 17.9. The van der Waals surface area contributed by atoms with E-state index >= 15 is 0 Å². The van der Waals surface area contributed by atoms with Crippen LogP contribution in [-0.4, -0.2) is 19.8 Å². The Kier molecular flexibility index (Phi) is 6.19. The van der Waals surface area contributed by atoms with Crippen molar-refractivity contribution in [2.45, 2.75) is 43.8 Å². The molecule has 0 atom stereocenters. The number of nitrogens with zero attached hydrogens (tertiary/aromatic N) is 1. The van der Waals surface area contributed by atoms with Crippen LogP contribution in [0.15, 0.2) is 40.6 Å². The van der Waals surface area contributed by atoms with Crippen LogP contribution in [-0.2, 0) is 4.43 Å². The summed E-state index contributed by atoms with van der Waals surface area (Å²) in [4.78, 5) is 11.1. The fraction of sp³-hybridized carbons (Fsp3) is 0.467. The number of nitro groups is 1. The van der Waals surface area contributed by atoms with E-state index in [0.29, 0.717) is 6.61 Å². The minimum Gasteiger partial charge on any atom is -0.413 e. The minimum absolute atomic E-state index is 0.115. The van der Waals surface area contributed by atoms with Gasteiger partial charge in [-0.15, -0.1) is 0 Å². The molecular weight excluding hydrogens is 302 g/mol. The van der Waals surface area contributed by atoms with Crippen LogP contribution in [0, 0.1) is 10.1 Å². The number of nitro benzene ring substituents is 1. The monoisotopic (exact) mass is 325 g/mol. The lowest BCUT2D eigenvalue weighted by Crippen LogP contribution is -2.40. The molecule has 0 N–H and O–H groups in total. The van der Waals surface area contributed by atoms with Crippen molar-refractivity contribution < 1.29 is 9.35 Å². The van der Waals surface area contributed by atoms with Gasteiger partial charge >= 0.3 is 0 Å². The Hall–Kier alpha value is -1.11. The summed E-state index contributed by atoms with van der Waals surface area (Å²) < 4.78 is 6.03. The Bertz CT molecular complexity index is 507. The zero-order valence-corrected chi connectivity index (χ0v) is 15.1. The highest BCUT2D eigenvalue weighted by Crippen LogP contribution is 2.36. The largest absolute Gasteiger partial charge is 0.413 e. The lowest BCUT2D eigenvalue weighted by atomic mass is 10.2. The maximum atomic E-state index is 10.6. The first-order valence-electron chi connectivity index (χ1n) is 6.83. The third kappa shape index (κ3) is 5.65. The lowest BCUT2D eigenvalue weighted by Gasteiger charge is -2.35. The summed E-state index contributed by atoms with van der Waals surface area (Å²) in [6.45, 7) is 11.7. The summed E-state index contributed by atoms with van der Waals surface area (Å²) in [5.41, 5.74) is 0.115. The average molecular weight is 326 g/mol. The highest BCUT2D eigenvalue weighted by atomic mass is 32.2. The van der Waals surface area contributed by atoms with Gasteiger partial charge in [0.05, 0.1) is 11.5 Å². The normalized spacial score (nSPS) is 12.8. The standard InChI is InChI=1S/C15H23NO3SSi/c1-15(2,3)21(4,5)19-11-6-12-20-14-9-7-13(8-10-14)16(17)18/h6-10,12H,11H2,1-5H3. The Morgan fingerprint density at radius 3 is 2.33 bits per heavy atom. The molecule has 0 fully saturated rings. The van der Waals surface area contributed by atoms with E-state index in [1.165, 1.54) is 23.9 Å². The molecule has 0 saturated carbocycles. The molecule has 116 valence electrons. The molecule has 0 bridgehead atoms. The molecular formula is C15H23NO3SSi. The van der Waals surface area contributed by atoms with E-state index in [4.69, 9.17) is 4.43 Å². The van der Waals surface area contributed by atoms with Crippen molar-refractivity contribution in [3.8, 4) is 0 Å². The molecule has 21 heavy (non-hydrogen) atoms.